The van der Waals surface area contributed by atoms with Crippen molar-refractivity contribution in [3.8, 4) is 11.5 Å². The monoisotopic (exact) mass is 346 g/mol. The van der Waals surface area contributed by atoms with E-state index in [2.05, 4.69) is 35.7 Å². The first-order chi connectivity index (χ1) is 11.1. The maximum absolute atomic E-state index is 12.6. The average Bonchev–Trinajstić information content (AvgIpc) is 2.46. The van der Waals surface area contributed by atoms with Gasteiger partial charge in [0.1, 0.15) is 11.5 Å². The van der Waals surface area contributed by atoms with Gasteiger partial charge in [-0.1, -0.05) is 20.8 Å². The van der Waals surface area contributed by atoms with E-state index in [1.165, 1.54) is 25.3 Å². The van der Waals surface area contributed by atoms with Gasteiger partial charge in [-0.2, -0.15) is 0 Å². The van der Waals surface area contributed by atoms with Crippen LogP contribution in [0.4, 0.5) is 13.2 Å². The van der Waals surface area contributed by atoms with Crippen molar-refractivity contribution >= 4 is 0 Å². The summed E-state index contributed by atoms with van der Waals surface area (Å²) in [6, 6.07) is 4.20. The summed E-state index contributed by atoms with van der Waals surface area (Å²) in [7, 11) is 1.53. The molecule has 1 aromatic carbocycles. The zero-order valence-corrected chi connectivity index (χ0v) is 14.5. The Balaban J connectivity index is 2.44. The van der Waals surface area contributed by atoms with Crippen LogP contribution in [0, 0.1) is 5.41 Å². The van der Waals surface area contributed by atoms with Crippen LogP contribution >= 0.6 is 0 Å². The summed E-state index contributed by atoms with van der Waals surface area (Å²) in [5, 5.41) is 3.30. The Labute approximate surface area is 140 Å². The summed E-state index contributed by atoms with van der Waals surface area (Å²) >= 11 is 0. The minimum atomic E-state index is -4.71. The molecular formula is C17H25F3N2O2. The molecule has 0 amide bonds. The highest BCUT2D eigenvalue weighted by Gasteiger charge is 2.36. The normalized spacial score (nSPS) is 18.3. The van der Waals surface area contributed by atoms with Gasteiger partial charge < -0.3 is 14.8 Å². The molecule has 1 N–H and O–H groups in total. The molecule has 4 nitrogen and oxygen atoms in total. The van der Waals surface area contributed by atoms with Crippen LogP contribution in [0.15, 0.2) is 18.2 Å². The van der Waals surface area contributed by atoms with Gasteiger partial charge in [0.05, 0.1) is 7.11 Å². The lowest BCUT2D eigenvalue weighted by molar-refractivity contribution is -0.274. The Morgan fingerprint density at radius 2 is 1.75 bits per heavy atom. The Bertz CT molecular complexity index is 550. The Hall–Kier alpha value is -1.47. The third kappa shape index (κ3) is 4.77. The number of hydrogen-bond acceptors (Lipinski definition) is 4. The summed E-state index contributed by atoms with van der Waals surface area (Å²) in [6.07, 6.45) is -4.71. The van der Waals surface area contributed by atoms with Gasteiger partial charge in [0.25, 0.3) is 0 Å². The molecule has 1 aliphatic heterocycles. The molecule has 0 unspecified atom stereocenters. The van der Waals surface area contributed by atoms with Gasteiger partial charge in [-0.15, -0.1) is 13.2 Å². The van der Waals surface area contributed by atoms with Gasteiger partial charge in [-0.05, 0) is 23.6 Å². The number of benzene rings is 1. The maximum Gasteiger partial charge on any atom is 0.573 e. The molecule has 1 fully saturated rings. The van der Waals surface area contributed by atoms with Gasteiger partial charge >= 0.3 is 6.36 Å². The molecule has 0 radical (unpaired) electrons. The van der Waals surface area contributed by atoms with E-state index in [1.807, 2.05) is 0 Å². The van der Waals surface area contributed by atoms with E-state index in [1.54, 1.807) is 0 Å². The summed E-state index contributed by atoms with van der Waals surface area (Å²) in [4.78, 5) is 2.28. The molecular weight excluding hydrogens is 321 g/mol. The molecule has 0 bridgehead atoms. The molecule has 0 spiro atoms. The number of nitrogens with zero attached hydrogens (tertiary/aromatic N) is 1. The highest BCUT2D eigenvalue weighted by molar-refractivity contribution is 5.43. The van der Waals surface area contributed by atoms with Crippen molar-refractivity contribution in [1.82, 2.24) is 10.2 Å². The second-order valence-electron chi connectivity index (χ2n) is 7.01. The molecule has 0 aliphatic carbocycles. The minimum Gasteiger partial charge on any atom is -0.496 e. The second-order valence-corrected chi connectivity index (χ2v) is 7.01. The minimum absolute atomic E-state index is 0.0775. The van der Waals surface area contributed by atoms with Gasteiger partial charge in [0.2, 0.25) is 0 Å². The van der Waals surface area contributed by atoms with Gasteiger partial charge in [0, 0.05) is 37.8 Å². The van der Waals surface area contributed by atoms with Crippen LogP contribution in [-0.2, 0) is 0 Å². The van der Waals surface area contributed by atoms with Crippen LogP contribution in [0.1, 0.15) is 32.4 Å². The summed E-state index contributed by atoms with van der Waals surface area (Å²) in [6.45, 7) is 9.61. The van der Waals surface area contributed by atoms with Gasteiger partial charge in [0.15, 0.2) is 0 Å². The fourth-order valence-electron chi connectivity index (χ4n) is 3.27. The number of ether oxygens (including phenoxy) is 2. The van der Waals surface area contributed by atoms with Gasteiger partial charge in [-0.25, -0.2) is 0 Å². The topological polar surface area (TPSA) is 33.7 Å². The number of piperazine rings is 1. The largest absolute Gasteiger partial charge is 0.573 e. The zero-order valence-electron chi connectivity index (χ0n) is 14.5. The lowest BCUT2D eigenvalue weighted by Gasteiger charge is -2.43. The summed E-state index contributed by atoms with van der Waals surface area (Å²) in [5.41, 5.74) is 0.537. The third-order valence-corrected chi connectivity index (χ3v) is 4.07. The molecule has 1 saturated heterocycles. The first-order valence-corrected chi connectivity index (χ1v) is 8.00. The number of nitrogens with one attached hydrogen (secondary N) is 1. The lowest BCUT2D eigenvalue weighted by atomic mass is 9.80. The fraction of sp³-hybridized carbons (Fsp3) is 0.647. The lowest BCUT2D eigenvalue weighted by Crippen LogP contribution is -2.48. The number of methoxy groups -OCH3 is 1. The van der Waals surface area contributed by atoms with E-state index >= 15 is 0 Å². The standard InChI is InChI=1S/C17H25F3N2O2/c1-16(2,3)15(22-9-7-21-8-10-22)13-11-12(24-17(18,19)20)5-6-14(13)23-4/h5-6,11,15,21H,7-10H2,1-4H3/t15-/m1/s1. The average molecular weight is 346 g/mol. The van der Waals surface area contributed by atoms with Crippen LogP contribution in [0.5, 0.6) is 11.5 Å². The first kappa shape index (κ1) is 18.9. The molecule has 24 heavy (non-hydrogen) atoms. The highest BCUT2D eigenvalue weighted by Crippen LogP contribution is 2.43. The van der Waals surface area contributed by atoms with E-state index in [9.17, 15) is 13.2 Å². The highest BCUT2D eigenvalue weighted by atomic mass is 19.4. The molecule has 1 aliphatic rings. The van der Waals surface area contributed by atoms with Crippen molar-refractivity contribution in [2.45, 2.75) is 33.2 Å². The van der Waals surface area contributed by atoms with Crippen LogP contribution in [-0.4, -0.2) is 44.6 Å². The number of hydrogen-bond donors (Lipinski definition) is 1. The van der Waals surface area contributed by atoms with Crippen molar-refractivity contribution in [1.29, 1.82) is 0 Å². The van der Waals surface area contributed by atoms with Gasteiger partial charge in [-0.3, -0.25) is 4.90 Å². The maximum atomic E-state index is 12.6. The first-order valence-electron chi connectivity index (χ1n) is 8.00. The number of rotatable bonds is 4. The van der Waals surface area contributed by atoms with Crippen LogP contribution in [0.25, 0.3) is 0 Å². The van der Waals surface area contributed by atoms with Crippen LogP contribution in [0.2, 0.25) is 0 Å². The van der Waals surface area contributed by atoms with E-state index < -0.39 is 6.36 Å². The van der Waals surface area contributed by atoms with Crippen molar-refractivity contribution in [3.63, 3.8) is 0 Å². The smallest absolute Gasteiger partial charge is 0.496 e. The fourth-order valence-corrected chi connectivity index (χ4v) is 3.27. The van der Waals surface area contributed by atoms with E-state index in [0.29, 0.717) is 11.3 Å². The van der Waals surface area contributed by atoms with Crippen molar-refractivity contribution < 1.29 is 22.6 Å². The van der Waals surface area contributed by atoms with E-state index in [4.69, 9.17) is 4.74 Å². The summed E-state index contributed by atoms with van der Waals surface area (Å²) < 4.78 is 47.2. The second kappa shape index (κ2) is 7.19. The number of alkyl halides is 3. The van der Waals surface area contributed by atoms with Crippen LogP contribution in [0.3, 0.4) is 0 Å². The van der Waals surface area contributed by atoms with Crippen molar-refractivity contribution in [3.05, 3.63) is 23.8 Å². The SMILES string of the molecule is COc1ccc(OC(F)(F)F)cc1[C@@H](N1CCNCC1)C(C)(C)C. The van der Waals surface area contributed by atoms with Crippen molar-refractivity contribution in [2.75, 3.05) is 33.3 Å². The predicted octanol–water partition coefficient (Wildman–Crippen LogP) is 3.59. The molecule has 1 atom stereocenters. The zero-order chi connectivity index (χ0) is 18.0. The molecule has 0 saturated carbocycles. The Morgan fingerprint density at radius 3 is 2.25 bits per heavy atom. The Kier molecular flexibility index (Phi) is 5.65. The predicted molar refractivity (Wildman–Crippen MR) is 86.3 cm³/mol. The molecule has 136 valence electrons. The molecule has 7 heteroatoms. The quantitative estimate of drug-likeness (QED) is 0.903. The molecule has 1 aromatic rings. The molecule has 2 rings (SSSR count). The molecule has 1 heterocycles. The summed E-state index contributed by atoms with van der Waals surface area (Å²) in [5.74, 6) is 0.352. The molecule has 0 aromatic heterocycles. The Morgan fingerprint density at radius 1 is 1.12 bits per heavy atom. The van der Waals surface area contributed by atoms with Crippen molar-refractivity contribution in [2.24, 2.45) is 5.41 Å². The van der Waals surface area contributed by atoms with E-state index in [-0.39, 0.29) is 17.2 Å². The third-order valence-electron chi connectivity index (χ3n) is 4.07. The van der Waals surface area contributed by atoms with Crippen LogP contribution < -0.4 is 14.8 Å². The van der Waals surface area contributed by atoms with E-state index in [0.717, 1.165) is 26.2 Å². The number of halogens is 3.